The molecular formula is C19H24N4O2. The molecule has 0 bridgehead atoms. The SMILES string of the molecule is CCn1ccc(NC(=O)C2CCC(=O)N(C)C2c2ccc(C)cc2)n1. The van der Waals surface area contributed by atoms with Crippen LogP contribution in [-0.2, 0) is 16.1 Å². The molecular weight excluding hydrogens is 316 g/mol. The van der Waals surface area contributed by atoms with E-state index in [0.717, 1.165) is 17.7 Å². The Morgan fingerprint density at radius 1 is 1.28 bits per heavy atom. The first-order chi connectivity index (χ1) is 12.0. The largest absolute Gasteiger partial charge is 0.338 e. The maximum atomic E-state index is 12.9. The zero-order valence-electron chi connectivity index (χ0n) is 14.9. The summed E-state index contributed by atoms with van der Waals surface area (Å²) in [5.41, 5.74) is 2.14. The molecule has 0 spiro atoms. The normalized spacial score (nSPS) is 20.6. The van der Waals surface area contributed by atoms with Gasteiger partial charge >= 0.3 is 0 Å². The van der Waals surface area contributed by atoms with Crippen LogP contribution in [0.3, 0.4) is 0 Å². The van der Waals surface area contributed by atoms with Crippen molar-refractivity contribution in [1.29, 1.82) is 0 Å². The number of carbonyl (C=O) groups excluding carboxylic acids is 2. The molecule has 1 saturated heterocycles. The Morgan fingerprint density at radius 2 is 2.00 bits per heavy atom. The van der Waals surface area contributed by atoms with E-state index in [-0.39, 0.29) is 23.8 Å². The molecule has 3 rings (SSSR count). The number of piperidine rings is 1. The third-order valence-corrected chi connectivity index (χ3v) is 4.83. The number of amides is 2. The second-order valence-electron chi connectivity index (χ2n) is 6.55. The fourth-order valence-corrected chi connectivity index (χ4v) is 3.36. The summed E-state index contributed by atoms with van der Waals surface area (Å²) >= 11 is 0. The Labute approximate surface area is 147 Å². The minimum absolute atomic E-state index is 0.0740. The number of hydrogen-bond acceptors (Lipinski definition) is 3. The van der Waals surface area contributed by atoms with Gasteiger partial charge in [-0.1, -0.05) is 29.8 Å². The van der Waals surface area contributed by atoms with Crippen LogP contribution < -0.4 is 5.32 Å². The van der Waals surface area contributed by atoms with Gasteiger partial charge in [0.05, 0.1) is 12.0 Å². The van der Waals surface area contributed by atoms with E-state index >= 15 is 0 Å². The van der Waals surface area contributed by atoms with Crippen LogP contribution >= 0.6 is 0 Å². The molecule has 2 atom stereocenters. The summed E-state index contributed by atoms with van der Waals surface area (Å²) in [5.74, 6) is 0.238. The number of nitrogens with zero attached hydrogens (tertiary/aromatic N) is 3. The van der Waals surface area contributed by atoms with Crippen molar-refractivity contribution in [3.8, 4) is 0 Å². The van der Waals surface area contributed by atoms with E-state index in [0.29, 0.717) is 18.7 Å². The molecule has 132 valence electrons. The van der Waals surface area contributed by atoms with E-state index in [9.17, 15) is 9.59 Å². The van der Waals surface area contributed by atoms with Crippen LogP contribution in [0.25, 0.3) is 0 Å². The molecule has 6 nitrogen and oxygen atoms in total. The highest BCUT2D eigenvalue weighted by atomic mass is 16.2. The molecule has 2 heterocycles. The Hall–Kier alpha value is -2.63. The van der Waals surface area contributed by atoms with Gasteiger partial charge in [-0.2, -0.15) is 5.10 Å². The smallest absolute Gasteiger partial charge is 0.231 e. The average Bonchev–Trinajstić information content (AvgIpc) is 3.05. The lowest BCUT2D eigenvalue weighted by atomic mass is 9.83. The number of benzene rings is 1. The van der Waals surface area contributed by atoms with Crippen LogP contribution in [0.15, 0.2) is 36.5 Å². The van der Waals surface area contributed by atoms with E-state index in [4.69, 9.17) is 0 Å². The van der Waals surface area contributed by atoms with Gasteiger partial charge in [-0.15, -0.1) is 0 Å². The Balaban J connectivity index is 1.84. The fourth-order valence-electron chi connectivity index (χ4n) is 3.36. The summed E-state index contributed by atoms with van der Waals surface area (Å²) in [6.45, 7) is 4.77. The molecule has 1 aliphatic heterocycles. The molecule has 25 heavy (non-hydrogen) atoms. The molecule has 2 unspecified atom stereocenters. The lowest BCUT2D eigenvalue weighted by Gasteiger charge is -2.38. The van der Waals surface area contributed by atoms with Crippen molar-refractivity contribution < 1.29 is 9.59 Å². The summed E-state index contributed by atoms with van der Waals surface area (Å²) in [5, 5.41) is 7.22. The van der Waals surface area contributed by atoms with Crippen LogP contribution in [0, 0.1) is 12.8 Å². The van der Waals surface area contributed by atoms with E-state index in [1.54, 1.807) is 22.7 Å². The second-order valence-corrected chi connectivity index (χ2v) is 6.55. The first kappa shape index (κ1) is 17.2. The molecule has 1 N–H and O–H groups in total. The predicted octanol–water partition coefficient (Wildman–Crippen LogP) is 2.76. The van der Waals surface area contributed by atoms with Gasteiger partial charge < -0.3 is 10.2 Å². The number of aromatic nitrogens is 2. The van der Waals surface area contributed by atoms with Gasteiger partial charge in [-0.25, -0.2) is 0 Å². The van der Waals surface area contributed by atoms with Gasteiger partial charge in [-0.3, -0.25) is 14.3 Å². The van der Waals surface area contributed by atoms with Gasteiger partial charge in [-0.05, 0) is 25.8 Å². The molecule has 1 fully saturated rings. The van der Waals surface area contributed by atoms with E-state index in [1.807, 2.05) is 44.3 Å². The molecule has 6 heteroatoms. The summed E-state index contributed by atoms with van der Waals surface area (Å²) in [6, 6.07) is 9.57. The molecule has 0 aliphatic carbocycles. The minimum atomic E-state index is -0.294. The maximum Gasteiger partial charge on any atom is 0.231 e. The lowest BCUT2D eigenvalue weighted by Crippen LogP contribution is -2.44. The van der Waals surface area contributed by atoms with Crippen molar-refractivity contribution in [2.75, 3.05) is 12.4 Å². The number of aryl methyl sites for hydroxylation is 2. The molecule has 2 amide bonds. The van der Waals surface area contributed by atoms with Gasteiger partial charge in [0.1, 0.15) is 0 Å². The zero-order valence-corrected chi connectivity index (χ0v) is 14.9. The topological polar surface area (TPSA) is 67.2 Å². The molecule has 2 aromatic rings. The lowest BCUT2D eigenvalue weighted by molar-refractivity contribution is -0.140. The molecule has 1 aromatic heterocycles. The van der Waals surface area contributed by atoms with Crippen LogP contribution in [0.2, 0.25) is 0 Å². The van der Waals surface area contributed by atoms with E-state index < -0.39 is 0 Å². The number of carbonyl (C=O) groups is 2. The highest BCUT2D eigenvalue weighted by Gasteiger charge is 2.38. The van der Waals surface area contributed by atoms with Crippen molar-refractivity contribution in [3.63, 3.8) is 0 Å². The van der Waals surface area contributed by atoms with E-state index in [1.165, 1.54) is 0 Å². The number of rotatable bonds is 4. The van der Waals surface area contributed by atoms with Crippen molar-refractivity contribution in [1.82, 2.24) is 14.7 Å². The highest BCUT2D eigenvalue weighted by molar-refractivity contribution is 5.94. The number of nitrogens with one attached hydrogen (secondary N) is 1. The Bertz CT molecular complexity index is 766. The molecule has 0 radical (unpaired) electrons. The Kier molecular flexibility index (Phi) is 4.88. The highest BCUT2D eigenvalue weighted by Crippen LogP contribution is 2.36. The van der Waals surface area contributed by atoms with Crippen molar-refractivity contribution in [2.45, 2.75) is 39.3 Å². The van der Waals surface area contributed by atoms with Crippen LogP contribution in [0.1, 0.15) is 36.9 Å². The standard InChI is InChI=1S/C19H24N4O2/c1-4-23-12-11-16(21-23)20-19(25)15-9-10-17(24)22(3)18(15)14-7-5-13(2)6-8-14/h5-8,11-12,15,18H,4,9-10H2,1-3H3,(H,20,21,25). The first-order valence-corrected chi connectivity index (χ1v) is 8.66. The first-order valence-electron chi connectivity index (χ1n) is 8.66. The molecule has 1 aromatic carbocycles. The van der Waals surface area contributed by atoms with Crippen molar-refractivity contribution in [3.05, 3.63) is 47.7 Å². The third-order valence-electron chi connectivity index (χ3n) is 4.83. The summed E-state index contributed by atoms with van der Waals surface area (Å²) in [4.78, 5) is 26.8. The summed E-state index contributed by atoms with van der Waals surface area (Å²) in [6.07, 6.45) is 2.77. The van der Waals surface area contributed by atoms with E-state index in [2.05, 4.69) is 10.4 Å². The monoisotopic (exact) mass is 340 g/mol. The summed E-state index contributed by atoms with van der Waals surface area (Å²) < 4.78 is 1.77. The molecule has 0 saturated carbocycles. The maximum absolute atomic E-state index is 12.9. The van der Waals surface area contributed by atoms with Gasteiger partial charge in [0.2, 0.25) is 11.8 Å². The average molecular weight is 340 g/mol. The number of likely N-dealkylation sites (tertiary alicyclic amines) is 1. The van der Waals surface area contributed by atoms with Crippen LogP contribution in [0.5, 0.6) is 0 Å². The van der Waals surface area contributed by atoms with Crippen molar-refractivity contribution in [2.24, 2.45) is 5.92 Å². The number of hydrogen-bond donors (Lipinski definition) is 1. The third kappa shape index (κ3) is 3.57. The zero-order chi connectivity index (χ0) is 18.0. The van der Waals surface area contributed by atoms with Gasteiger partial charge in [0, 0.05) is 32.3 Å². The fraction of sp³-hybridized carbons (Fsp3) is 0.421. The predicted molar refractivity (Wildman–Crippen MR) is 95.9 cm³/mol. The second kappa shape index (κ2) is 7.09. The number of anilines is 1. The quantitative estimate of drug-likeness (QED) is 0.930. The molecule has 1 aliphatic rings. The van der Waals surface area contributed by atoms with Crippen molar-refractivity contribution >= 4 is 17.6 Å². The van der Waals surface area contributed by atoms with Gasteiger partial charge in [0.25, 0.3) is 0 Å². The van der Waals surface area contributed by atoms with Crippen LogP contribution in [0.4, 0.5) is 5.82 Å². The van der Waals surface area contributed by atoms with Crippen LogP contribution in [-0.4, -0.2) is 33.5 Å². The Morgan fingerprint density at radius 3 is 2.64 bits per heavy atom. The van der Waals surface area contributed by atoms with Gasteiger partial charge in [0.15, 0.2) is 5.82 Å². The minimum Gasteiger partial charge on any atom is -0.338 e. The summed E-state index contributed by atoms with van der Waals surface area (Å²) in [7, 11) is 1.78.